The topological polar surface area (TPSA) is 0 Å². The van der Waals surface area contributed by atoms with Crippen molar-refractivity contribution >= 4 is 0 Å². The SMILES string of the molecule is CC(C)([C]1[CH][CH][CH][CH]1)[C]1[CH][CH][CH][CH]1.[CH3-].[CH3-].[Ti+4]. The Bertz CT molecular complexity index is 144. The minimum atomic E-state index is 0. The van der Waals surface area contributed by atoms with E-state index in [0.29, 0.717) is 0 Å². The summed E-state index contributed by atoms with van der Waals surface area (Å²) >= 11 is 0. The Morgan fingerprint density at radius 2 is 0.938 bits per heavy atom. The summed E-state index contributed by atoms with van der Waals surface area (Å²) in [6.07, 6.45) is 17.1. The van der Waals surface area contributed by atoms with E-state index in [1.54, 1.807) is 0 Å². The molecule has 2 rings (SSSR count). The van der Waals surface area contributed by atoms with Crippen molar-refractivity contribution in [3.05, 3.63) is 78.1 Å². The van der Waals surface area contributed by atoms with Gasteiger partial charge >= 0.3 is 21.7 Å². The monoisotopic (exact) mass is 248 g/mol. The first-order valence-electron chi connectivity index (χ1n) is 4.65. The predicted molar refractivity (Wildman–Crippen MR) is 67.5 cm³/mol. The average molecular weight is 248 g/mol. The van der Waals surface area contributed by atoms with Gasteiger partial charge in [0.05, 0.1) is 0 Å². The van der Waals surface area contributed by atoms with Gasteiger partial charge in [-0.3, -0.25) is 0 Å². The molecule has 0 bridgehead atoms. The zero-order chi connectivity index (χ0) is 9.31. The van der Waals surface area contributed by atoms with Gasteiger partial charge in [-0.15, -0.1) is 0 Å². The summed E-state index contributed by atoms with van der Waals surface area (Å²) in [4.78, 5) is 0. The second-order valence-electron chi connectivity index (χ2n) is 3.97. The van der Waals surface area contributed by atoms with Crippen molar-refractivity contribution in [1.29, 1.82) is 0 Å². The van der Waals surface area contributed by atoms with Gasteiger partial charge in [-0.2, -0.15) is 0 Å². The molecular formula is C15H20Ti+2. The largest absolute Gasteiger partial charge is 4.00 e. The molecule has 10 radical (unpaired) electrons. The molecule has 0 aliphatic heterocycles. The van der Waals surface area contributed by atoms with Crippen LogP contribution >= 0.6 is 0 Å². The molecular weight excluding hydrogens is 228 g/mol. The third kappa shape index (κ3) is 3.88. The van der Waals surface area contributed by atoms with Gasteiger partial charge in [-0.05, 0) is 68.6 Å². The molecule has 0 unspecified atom stereocenters. The molecule has 2 aliphatic rings. The number of hydrogen-bond donors (Lipinski definition) is 0. The average Bonchev–Trinajstić information content (AvgIpc) is 2.78. The second-order valence-corrected chi connectivity index (χ2v) is 3.97. The Labute approximate surface area is 119 Å². The van der Waals surface area contributed by atoms with Crippen LogP contribution in [0.5, 0.6) is 0 Å². The Morgan fingerprint density at radius 1 is 0.688 bits per heavy atom. The van der Waals surface area contributed by atoms with Crippen LogP contribution in [-0.4, -0.2) is 0 Å². The molecule has 82 valence electrons. The molecule has 0 aromatic heterocycles. The zero-order valence-corrected chi connectivity index (χ0v) is 12.2. The molecule has 0 atom stereocenters. The summed E-state index contributed by atoms with van der Waals surface area (Å²) < 4.78 is 0. The van der Waals surface area contributed by atoms with E-state index in [1.165, 1.54) is 11.8 Å². The Balaban J connectivity index is 0. The summed E-state index contributed by atoms with van der Waals surface area (Å²) in [5.41, 5.74) is 0.146. The third-order valence-corrected chi connectivity index (χ3v) is 2.77. The van der Waals surface area contributed by atoms with Gasteiger partial charge in [0.25, 0.3) is 0 Å². The minimum Gasteiger partial charge on any atom is -0.358 e. The molecule has 0 heterocycles. The Hall–Kier alpha value is 0.714. The van der Waals surface area contributed by atoms with Crippen molar-refractivity contribution in [2.75, 3.05) is 0 Å². The van der Waals surface area contributed by atoms with Gasteiger partial charge < -0.3 is 14.9 Å². The molecule has 0 amide bonds. The molecule has 0 aromatic rings. The molecule has 0 saturated heterocycles. The Morgan fingerprint density at radius 3 is 1.19 bits per heavy atom. The number of rotatable bonds is 2. The fourth-order valence-corrected chi connectivity index (χ4v) is 1.75. The molecule has 2 aliphatic carbocycles. The summed E-state index contributed by atoms with van der Waals surface area (Å²) in [6, 6.07) is 0. The van der Waals surface area contributed by atoms with Crippen LogP contribution in [-0.2, 0) is 21.7 Å². The third-order valence-electron chi connectivity index (χ3n) is 2.77. The zero-order valence-electron chi connectivity index (χ0n) is 10.6. The standard InChI is InChI=1S/C13H14.2CH3.Ti/c1-13(2,11-7-3-4-8-11)12-9-5-6-10-12;;;/h3-10H,1-2H3;2*1H3;/q;2*-1;+4. The first kappa shape index (κ1) is 19.1. The van der Waals surface area contributed by atoms with Crippen LogP contribution in [0.1, 0.15) is 13.8 Å². The molecule has 0 aromatic carbocycles. The van der Waals surface area contributed by atoms with Crippen molar-refractivity contribution in [3.63, 3.8) is 0 Å². The first-order chi connectivity index (χ1) is 6.21. The van der Waals surface area contributed by atoms with E-state index >= 15 is 0 Å². The maximum absolute atomic E-state index is 2.26. The van der Waals surface area contributed by atoms with Crippen LogP contribution in [0.4, 0.5) is 0 Å². The van der Waals surface area contributed by atoms with Crippen molar-refractivity contribution < 1.29 is 21.7 Å². The molecule has 16 heavy (non-hydrogen) atoms. The van der Waals surface area contributed by atoms with E-state index in [4.69, 9.17) is 0 Å². The van der Waals surface area contributed by atoms with Crippen LogP contribution in [0.25, 0.3) is 0 Å². The molecule has 0 N–H and O–H groups in total. The Kier molecular flexibility index (Phi) is 9.45. The van der Waals surface area contributed by atoms with Crippen LogP contribution in [0, 0.1) is 83.5 Å². The van der Waals surface area contributed by atoms with Crippen molar-refractivity contribution in [3.8, 4) is 0 Å². The molecule has 0 nitrogen and oxygen atoms in total. The quantitative estimate of drug-likeness (QED) is 0.516. The van der Waals surface area contributed by atoms with E-state index < -0.39 is 0 Å². The van der Waals surface area contributed by atoms with Gasteiger partial charge in [0.15, 0.2) is 0 Å². The molecule has 0 spiro atoms. The van der Waals surface area contributed by atoms with Gasteiger partial charge in [0.2, 0.25) is 0 Å². The van der Waals surface area contributed by atoms with Crippen molar-refractivity contribution in [2.24, 2.45) is 5.41 Å². The van der Waals surface area contributed by atoms with E-state index in [0.717, 1.165) is 0 Å². The fraction of sp³-hybridized carbons (Fsp3) is 0.200. The van der Waals surface area contributed by atoms with Gasteiger partial charge in [0, 0.05) is 0 Å². The first-order valence-corrected chi connectivity index (χ1v) is 4.65. The summed E-state index contributed by atoms with van der Waals surface area (Å²) in [7, 11) is 0. The van der Waals surface area contributed by atoms with E-state index in [-0.39, 0.29) is 42.0 Å². The predicted octanol–water partition coefficient (Wildman–Crippen LogP) is 3.72. The summed E-state index contributed by atoms with van der Waals surface area (Å²) in [6.45, 7) is 4.52. The van der Waals surface area contributed by atoms with Crippen molar-refractivity contribution in [2.45, 2.75) is 13.8 Å². The smallest absolute Gasteiger partial charge is 0.358 e. The minimum absolute atomic E-state index is 0. The van der Waals surface area contributed by atoms with Crippen molar-refractivity contribution in [1.82, 2.24) is 0 Å². The normalized spacial score (nSPS) is 22.1. The second kappa shape index (κ2) is 7.93. The van der Waals surface area contributed by atoms with E-state index in [1.807, 2.05) is 0 Å². The van der Waals surface area contributed by atoms with E-state index in [2.05, 4.69) is 65.2 Å². The fourth-order valence-electron chi connectivity index (χ4n) is 1.75. The van der Waals surface area contributed by atoms with Crippen LogP contribution in [0.3, 0.4) is 0 Å². The molecule has 2 fully saturated rings. The summed E-state index contributed by atoms with van der Waals surface area (Å²) in [5, 5.41) is 0. The van der Waals surface area contributed by atoms with Crippen LogP contribution in [0.15, 0.2) is 0 Å². The van der Waals surface area contributed by atoms with Gasteiger partial charge in [0.1, 0.15) is 0 Å². The van der Waals surface area contributed by atoms with Gasteiger partial charge in [-0.1, -0.05) is 13.8 Å². The maximum Gasteiger partial charge on any atom is 4.00 e. The maximum atomic E-state index is 2.26. The number of hydrogen-bond acceptors (Lipinski definition) is 0. The van der Waals surface area contributed by atoms with Gasteiger partial charge in [-0.25, -0.2) is 0 Å². The van der Waals surface area contributed by atoms with E-state index in [9.17, 15) is 0 Å². The molecule has 2 saturated carbocycles. The summed E-state index contributed by atoms with van der Waals surface area (Å²) in [5.74, 6) is 2.78. The molecule has 1 heteroatoms. The van der Waals surface area contributed by atoms with Crippen LogP contribution in [0.2, 0.25) is 0 Å². The van der Waals surface area contributed by atoms with Crippen LogP contribution < -0.4 is 0 Å².